The highest BCUT2D eigenvalue weighted by molar-refractivity contribution is 8.29. The van der Waals surface area contributed by atoms with Crippen molar-refractivity contribution in [3.8, 4) is 5.75 Å². The van der Waals surface area contributed by atoms with Crippen molar-refractivity contribution in [2.45, 2.75) is 31.9 Å². The number of primary amides is 1. The molecule has 0 aliphatic heterocycles. The Morgan fingerprint density at radius 1 is 1.31 bits per heavy atom. The quantitative estimate of drug-likeness (QED) is 0.326. The molecular formula is C19H33N3O3S. The normalized spacial score (nSPS) is 12.5. The summed E-state index contributed by atoms with van der Waals surface area (Å²) < 4.78 is 12.1. The Hall–Kier alpha value is -1.86. The van der Waals surface area contributed by atoms with Gasteiger partial charge in [0.1, 0.15) is 11.4 Å². The van der Waals surface area contributed by atoms with Crippen molar-refractivity contribution in [3.63, 3.8) is 0 Å². The molecule has 1 rings (SSSR count). The second kappa shape index (κ2) is 9.19. The zero-order chi connectivity index (χ0) is 20.0. The van der Waals surface area contributed by atoms with Crippen molar-refractivity contribution >= 4 is 27.6 Å². The number of ether oxygens (including phenoxy) is 1. The van der Waals surface area contributed by atoms with Crippen molar-refractivity contribution < 1.29 is 13.7 Å². The molecule has 0 saturated carbocycles. The molecule has 0 bridgehead atoms. The second-order valence-electron chi connectivity index (χ2n) is 7.34. The van der Waals surface area contributed by atoms with Crippen LogP contribution >= 0.6 is 10.3 Å². The summed E-state index contributed by atoms with van der Waals surface area (Å²) in [6.07, 6.45) is 6.79. The maximum atomic E-state index is 11.5. The Morgan fingerprint density at radius 3 is 2.50 bits per heavy atom. The summed E-state index contributed by atoms with van der Waals surface area (Å²) in [6, 6.07) is 3.15. The molecule has 0 saturated heterocycles. The van der Waals surface area contributed by atoms with E-state index in [4.69, 9.17) is 20.4 Å². The summed E-state index contributed by atoms with van der Waals surface area (Å²) in [4.78, 5) is 11.5. The topological polar surface area (TPSA) is 99.6 Å². The van der Waals surface area contributed by atoms with Gasteiger partial charge in [-0.05, 0) is 24.6 Å². The Bertz CT molecular complexity index is 640. The average molecular weight is 384 g/mol. The highest BCUT2D eigenvalue weighted by Crippen LogP contribution is 2.53. The fourth-order valence-corrected chi connectivity index (χ4v) is 2.83. The van der Waals surface area contributed by atoms with Gasteiger partial charge in [-0.1, -0.05) is 26.8 Å². The Labute approximate surface area is 158 Å². The molecule has 0 aliphatic carbocycles. The van der Waals surface area contributed by atoms with E-state index < -0.39 is 16.2 Å². The molecule has 0 aliphatic rings. The van der Waals surface area contributed by atoms with Crippen LogP contribution in [-0.4, -0.2) is 42.9 Å². The third kappa shape index (κ3) is 6.14. The lowest BCUT2D eigenvalue weighted by atomic mass is 10.1. The molecule has 1 amide bonds. The van der Waals surface area contributed by atoms with Crippen LogP contribution in [0, 0.1) is 0 Å². The number of amides is 1. The molecule has 148 valence electrons. The van der Waals surface area contributed by atoms with Crippen molar-refractivity contribution in [1.82, 2.24) is 0 Å². The van der Waals surface area contributed by atoms with Gasteiger partial charge in [0.05, 0.1) is 18.9 Å². The summed E-state index contributed by atoms with van der Waals surface area (Å²) in [5.41, 5.74) is 12.8. The number of hydrogen-bond donors (Lipinski definition) is 3. The van der Waals surface area contributed by atoms with Crippen molar-refractivity contribution in [2.75, 3.05) is 43.3 Å². The van der Waals surface area contributed by atoms with Crippen LogP contribution < -0.4 is 21.5 Å². The molecule has 0 radical (unpaired) electrons. The van der Waals surface area contributed by atoms with E-state index >= 15 is 0 Å². The van der Waals surface area contributed by atoms with Crippen LogP contribution in [0.1, 0.15) is 37.6 Å². The smallest absolute Gasteiger partial charge is 0.248 e. The molecule has 0 unspecified atom stereocenters. The molecule has 0 fully saturated rings. The van der Waals surface area contributed by atoms with Crippen LogP contribution in [0.4, 0.5) is 11.4 Å². The zero-order valence-electron chi connectivity index (χ0n) is 16.6. The summed E-state index contributed by atoms with van der Waals surface area (Å²) in [5, 5.41) is 3.14. The number of rotatable bonds is 10. The number of nitrogens with two attached hydrogens (primary N) is 2. The van der Waals surface area contributed by atoms with Crippen molar-refractivity contribution in [3.05, 3.63) is 30.4 Å². The van der Waals surface area contributed by atoms with Gasteiger partial charge in [-0.3, -0.25) is 4.79 Å². The first-order valence-corrected chi connectivity index (χ1v) is 10.9. The molecule has 1 aromatic rings. The minimum absolute atomic E-state index is 0.125. The number of anilines is 2. The number of carbonyl (C=O) groups is 1. The molecule has 0 atom stereocenters. The van der Waals surface area contributed by atoms with Gasteiger partial charge in [0, 0.05) is 23.3 Å². The predicted molar refractivity (Wildman–Crippen MR) is 113 cm³/mol. The first kappa shape index (κ1) is 22.2. The minimum atomic E-state index is -1.15. The lowest BCUT2D eigenvalue weighted by Gasteiger charge is -2.43. The highest BCUT2D eigenvalue weighted by atomic mass is 32.3. The highest BCUT2D eigenvalue weighted by Gasteiger charge is 2.28. The first-order valence-electron chi connectivity index (χ1n) is 8.57. The lowest BCUT2D eigenvalue weighted by Crippen LogP contribution is -2.25. The second-order valence-corrected chi connectivity index (χ2v) is 11.3. The predicted octanol–water partition coefficient (Wildman–Crippen LogP) is 3.53. The molecule has 26 heavy (non-hydrogen) atoms. The van der Waals surface area contributed by atoms with Crippen LogP contribution in [0.2, 0.25) is 0 Å². The maximum Gasteiger partial charge on any atom is 0.248 e. The van der Waals surface area contributed by atoms with Gasteiger partial charge in [0.2, 0.25) is 5.91 Å². The van der Waals surface area contributed by atoms with Crippen molar-refractivity contribution in [1.29, 1.82) is 0 Å². The number of benzene rings is 1. The summed E-state index contributed by atoms with van der Waals surface area (Å²) >= 11 is 0. The molecule has 7 heteroatoms. The van der Waals surface area contributed by atoms with Gasteiger partial charge >= 0.3 is 0 Å². The van der Waals surface area contributed by atoms with E-state index in [0.29, 0.717) is 42.4 Å². The van der Waals surface area contributed by atoms with E-state index in [1.807, 2.05) is 0 Å². The third-order valence-electron chi connectivity index (χ3n) is 4.24. The first-order chi connectivity index (χ1) is 12.0. The molecular weight excluding hydrogens is 350 g/mol. The molecule has 0 aromatic heterocycles. The Kier molecular flexibility index (Phi) is 7.84. The average Bonchev–Trinajstić information content (AvgIpc) is 2.52. The van der Waals surface area contributed by atoms with Crippen LogP contribution in [-0.2, 0) is 4.18 Å². The SMILES string of the molecule is C=CCNc1c(N)cc(C(N)=O)cc1OCCCOS(C)(C)C(C)(C)C. The van der Waals surface area contributed by atoms with Gasteiger partial charge in [-0.15, -0.1) is 16.9 Å². The van der Waals surface area contributed by atoms with Gasteiger partial charge in [-0.2, -0.15) is 0 Å². The molecule has 0 heterocycles. The Balaban J connectivity index is 2.73. The van der Waals surface area contributed by atoms with Crippen LogP contribution in [0.15, 0.2) is 24.8 Å². The van der Waals surface area contributed by atoms with Gasteiger partial charge < -0.3 is 25.7 Å². The lowest BCUT2D eigenvalue weighted by molar-refractivity contribution is 0.1000. The third-order valence-corrected chi connectivity index (χ3v) is 7.94. The van der Waals surface area contributed by atoms with Gasteiger partial charge in [-0.25, -0.2) is 0 Å². The van der Waals surface area contributed by atoms with E-state index in [9.17, 15) is 4.79 Å². The van der Waals surface area contributed by atoms with Crippen LogP contribution in [0.25, 0.3) is 0 Å². The summed E-state index contributed by atoms with van der Waals surface area (Å²) in [7, 11) is -1.15. The number of hydrogen-bond acceptors (Lipinski definition) is 5. The fraction of sp³-hybridized carbons (Fsp3) is 0.526. The number of carbonyl (C=O) groups excluding carboxylic acids is 1. The van der Waals surface area contributed by atoms with Gasteiger partial charge in [0.15, 0.2) is 0 Å². The van der Waals surface area contributed by atoms with Crippen LogP contribution in [0.5, 0.6) is 5.75 Å². The van der Waals surface area contributed by atoms with Gasteiger partial charge in [0.25, 0.3) is 0 Å². The fourth-order valence-electron chi connectivity index (χ4n) is 1.94. The van der Waals surface area contributed by atoms with E-state index in [-0.39, 0.29) is 4.75 Å². The summed E-state index contributed by atoms with van der Waals surface area (Å²) in [6.45, 7) is 11.8. The summed E-state index contributed by atoms with van der Waals surface area (Å²) in [5.74, 6) is -0.0428. The number of nitrogen functional groups attached to an aromatic ring is 1. The standard InChI is InChI=1S/C19H33N3O3S/c1-7-9-22-17-15(20)12-14(18(21)23)13-16(17)24-10-8-11-25-26(5,6)19(2,3)4/h7,12-13,22H,1,8-11,20H2,2-6H3,(H2,21,23). The monoisotopic (exact) mass is 383 g/mol. The van der Waals surface area contributed by atoms with E-state index in [1.54, 1.807) is 18.2 Å². The molecule has 1 aromatic carbocycles. The number of nitrogens with one attached hydrogen (secondary N) is 1. The van der Waals surface area contributed by atoms with E-state index in [1.165, 1.54) is 0 Å². The van der Waals surface area contributed by atoms with E-state index in [0.717, 1.165) is 6.42 Å². The van der Waals surface area contributed by atoms with Crippen LogP contribution in [0.3, 0.4) is 0 Å². The maximum absolute atomic E-state index is 11.5. The minimum Gasteiger partial charge on any atom is -0.491 e. The zero-order valence-corrected chi connectivity index (χ0v) is 17.4. The molecule has 6 nitrogen and oxygen atoms in total. The largest absolute Gasteiger partial charge is 0.491 e. The molecule has 0 spiro atoms. The van der Waals surface area contributed by atoms with Crippen molar-refractivity contribution in [2.24, 2.45) is 5.73 Å². The van der Waals surface area contributed by atoms with E-state index in [2.05, 4.69) is 45.2 Å². The molecule has 5 N–H and O–H groups in total. The Morgan fingerprint density at radius 2 is 1.96 bits per heavy atom.